The van der Waals surface area contributed by atoms with E-state index in [0.717, 1.165) is 18.4 Å². The minimum Gasteiger partial charge on any atom is -0.374 e. The predicted molar refractivity (Wildman–Crippen MR) is 70.9 cm³/mol. The Morgan fingerprint density at radius 3 is 2.47 bits per heavy atom. The van der Waals surface area contributed by atoms with Crippen molar-refractivity contribution in [2.45, 2.75) is 58.3 Å². The Hall–Kier alpha value is -0.120. The molecule has 2 aliphatic heterocycles. The molecule has 100 valence electrons. The average molecular weight is 240 g/mol. The number of hydrogen-bond donors (Lipinski definition) is 1. The number of ether oxygens (including phenoxy) is 1. The van der Waals surface area contributed by atoms with Gasteiger partial charge in [-0.15, -0.1) is 0 Å². The van der Waals surface area contributed by atoms with Crippen molar-refractivity contribution < 1.29 is 4.74 Å². The highest BCUT2D eigenvalue weighted by Gasteiger charge is 2.35. The highest BCUT2D eigenvalue weighted by molar-refractivity contribution is 4.89. The van der Waals surface area contributed by atoms with E-state index in [1.165, 1.54) is 32.4 Å². The lowest BCUT2D eigenvalue weighted by molar-refractivity contribution is -0.0211. The van der Waals surface area contributed by atoms with Gasteiger partial charge < -0.3 is 10.5 Å². The van der Waals surface area contributed by atoms with Crippen LogP contribution >= 0.6 is 0 Å². The Balaban J connectivity index is 1.94. The van der Waals surface area contributed by atoms with Crippen LogP contribution in [0, 0.1) is 11.8 Å². The van der Waals surface area contributed by atoms with Crippen molar-refractivity contribution >= 4 is 0 Å². The number of hydrogen-bond acceptors (Lipinski definition) is 3. The predicted octanol–water partition coefficient (Wildman–Crippen LogP) is 1.86. The molecule has 3 nitrogen and oxygen atoms in total. The van der Waals surface area contributed by atoms with Gasteiger partial charge in [0, 0.05) is 19.1 Å². The topological polar surface area (TPSA) is 38.5 Å². The lowest BCUT2D eigenvalue weighted by Gasteiger charge is -2.41. The van der Waals surface area contributed by atoms with Crippen LogP contribution in [0.15, 0.2) is 0 Å². The first kappa shape index (κ1) is 13.3. The second kappa shape index (κ2) is 5.68. The molecule has 2 heterocycles. The summed E-state index contributed by atoms with van der Waals surface area (Å²) in [5.74, 6) is 1.64. The van der Waals surface area contributed by atoms with Crippen LogP contribution in [0.25, 0.3) is 0 Å². The molecule has 0 aromatic heterocycles. The van der Waals surface area contributed by atoms with E-state index in [-0.39, 0.29) is 0 Å². The van der Waals surface area contributed by atoms with Crippen LogP contribution in [-0.4, -0.2) is 42.8 Å². The second-order valence-electron chi connectivity index (χ2n) is 6.10. The molecule has 0 aromatic rings. The van der Waals surface area contributed by atoms with Gasteiger partial charge in [0.25, 0.3) is 0 Å². The highest BCUT2D eigenvalue weighted by Crippen LogP contribution is 2.29. The maximum atomic E-state index is 6.01. The second-order valence-corrected chi connectivity index (χ2v) is 6.10. The third-order valence-electron chi connectivity index (χ3n) is 4.77. The van der Waals surface area contributed by atoms with Gasteiger partial charge in [-0.05, 0) is 44.6 Å². The SMILES string of the molecule is CC1CCC(C(CN)N2CCC(C)C(C)C2)O1. The number of piperidine rings is 1. The number of nitrogens with zero attached hydrogens (tertiary/aromatic N) is 1. The van der Waals surface area contributed by atoms with E-state index in [1.54, 1.807) is 0 Å². The van der Waals surface area contributed by atoms with Crippen molar-refractivity contribution in [2.24, 2.45) is 17.6 Å². The molecule has 0 spiro atoms. The summed E-state index contributed by atoms with van der Waals surface area (Å²) in [7, 11) is 0. The zero-order valence-electron chi connectivity index (χ0n) is 11.6. The van der Waals surface area contributed by atoms with Crippen LogP contribution in [0.4, 0.5) is 0 Å². The number of rotatable bonds is 3. The Morgan fingerprint density at radius 1 is 1.18 bits per heavy atom. The van der Waals surface area contributed by atoms with E-state index < -0.39 is 0 Å². The molecule has 0 amide bonds. The van der Waals surface area contributed by atoms with Gasteiger partial charge in [0.05, 0.1) is 12.2 Å². The highest BCUT2D eigenvalue weighted by atomic mass is 16.5. The minimum absolute atomic E-state index is 0.371. The molecule has 0 radical (unpaired) electrons. The third-order valence-corrected chi connectivity index (χ3v) is 4.77. The maximum absolute atomic E-state index is 6.01. The van der Waals surface area contributed by atoms with Gasteiger partial charge in [0.2, 0.25) is 0 Å². The molecule has 2 rings (SSSR count). The Labute approximate surface area is 106 Å². The van der Waals surface area contributed by atoms with Crippen LogP contribution in [0.2, 0.25) is 0 Å². The van der Waals surface area contributed by atoms with Gasteiger partial charge in [-0.25, -0.2) is 0 Å². The molecule has 0 aromatic carbocycles. The first-order valence-electron chi connectivity index (χ1n) is 7.21. The molecule has 2 saturated heterocycles. The first-order chi connectivity index (χ1) is 8.11. The monoisotopic (exact) mass is 240 g/mol. The lowest BCUT2D eigenvalue weighted by atomic mass is 9.87. The fraction of sp³-hybridized carbons (Fsp3) is 1.00. The zero-order chi connectivity index (χ0) is 12.4. The van der Waals surface area contributed by atoms with Crippen molar-refractivity contribution in [3.05, 3.63) is 0 Å². The molecule has 0 bridgehead atoms. The molecule has 2 aliphatic rings. The summed E-state index contributed by atoms with van der Waals surface area (Å²) in [5, 5.41) is 0. The Kier molecular flexibility index (Phi) is 4.45. The molecule has 5 unspecified atom stereocenters. The van der Waals surface area contributed by atoms with Crippen LogP contribution < -0.4 is 5.73 Å². The quantitative estimate of drug-likeness (QED) is 0.818. The van der Waals surface area contributed by atoms with Crippen molar-refractivity contribution in [1.82, 2.24) is 4.90 Å². The van der Waals surface area contributed by atoms with Crippen molar-refractivity contribution in [3.63, 3.8) is 0 Å². The summed E-state index contributed by atoms with van der Waals surface area (Å²) >= 11 is 0. The van der Waals surface area contributed by atoms with Gasteiger partial charge in [0.1, 0.15) is 0 Å². The fourth-order valence-electron chi connectivity index (χ4n) is 3.25. The standard InChI is InChI=1S/C14H28N2O/c1-10-6-7-16(9-11(10)2)13(8-15)14-5-4-12(3)17-14/h10-14H,4-9,15H2,1-3H3. The van der Waals surface area contributed by atoms with E-state index in [9.17, 15) is 0 Å². The summed E-state index contributed by atoms with van der Waals surface area (Å²) in [5.41, 5.74) is 5.99. The number of nitrogens with two attached hydrogens (primary N) is 1. The molecular formula is C14H28N2O. The number of likely N-dealkylation sites (tertiary alicyclic amines) is 1. The lowest BCUT2D eigenvalue weighted by Crippen LogP contribution is -2.53. The molecule has 2 fully saturated rings. The van der Waals surface area contributed by atoms with Gasteiger partial charge in [-0.3, -0.25) is 4.90 Å². The maximum Gasteiger partial charge on any atom is 0.0747 e. The van der Waals surface area contributed by atoms with Crippen molar-refractivity contribution in [3.8, 4) is 0 Å². The summed E-state index contributed by atoms with van der Waals surface area (Å²) < 4.78 is 6.01. The molecular weight excluding hydrogens is 212 g/mol. The van der Waals surface area contributed by atoms with Crippen LogP contribution in [0.3, 0.4) is 0 Å². The van der Waals surface area contributed by atoms with Crippen LogP contribution in [-0.2, 0) is 4.74 Å². The normalized spacial score (nSPS) is 41.6. The van der Waals surface area contributed by atoms with E-state index in [2.05, 4.69) is 25.7 Å². The third kappa shape index (κ3) is 3.01. The molecule has 3 heteroatoms. The summed E-state index contributed by atoms with van der Waals surface area (Å²) in [4.78, 5) is 2.58. The molecule has 0 saturated carbocycles. The van der Waals surface area contributed by atoms with E-state index >= 15 is 0 Å². The van der Waals surface area contributed by atoms with Crippen molar-refractivity contribution in [2.75, 3.05) is 19.6 Å². The van der Waals surface area contributed by atoms with E-state index in [0.29, 0.717) is 18.2 Å². The molecule has 0 aliphatic carbocycles. The molecule has 17 heavy (non-hydrogen) atoms. The van der Waals surface area contributed by atoms with Crippen molar-refractivity contribution in [1.29, 1.82) is 0 Å². The van der Waals surface area contributed by atoms with Gasteiger partial charge >= 0.3 is 0 Å². The minimum atomic E-state index is 0.371. The summed E-state index contributed by atoms with van der Waals surface area (Å²) in [6.45, 7) is 10.0. The summed E-state index contributed by atoms with van der Waals surface area (Å²) in [6, 6.07) is 0.440. The van der Waals surface area contributed by atoms with Gasteiger partial charge in [-0.1, -0.05) is 13.8 Å². The molecule has 5 atom stereocenters. The largest absolute Gasteiger partial charge is 0.374 e. The average Bonchev–Trinajstić information content (AvgIpc) is 2.71. The Morgan fingerprint density at radius 2 is 1.94 bits per heavy atom. The van der Waals surface area contributed by atoms with Gasteiger partial charge in [0.15, 0.2) is 0 Å². The smallest absolute Gasteiger partial charge is 0.0747 e. The van der Waals surface area contributed by atoms with Gasteiger partial charge in [-0.2, -0.15) is 0 Å². The van der Waals surface area contributed by atoms with E-state index in [4.69, 9.17) is 10.5 Å². The van der Waals surface area contributed by atoms with Crippen LogP contribution in [0.1, 0.15) is 40.0 Å². The van der Waals surface area contributed by atoms with Crippen LogP contribution in [0.5, 0.6) is 0 Å². The summed E-state index contributed by atoms with van der Waals surface area (Å²) in [6.07, 6.45) is 4.48. The fourth-order valence-corrected chi connectivity index (χ4v) is 3.25. The zero-order valence-corrected chi connectivity index (χ0v) is 11.6. The molecule has 2 N–H and O–H groups in total. The first-order valence-corrected chi connectivity index (χ1v) is 7.21. The van der Waals surface area contributed by atoms with E-state index in [1.807, 2.05) is 0 Å². The Bertz CT molecular complexity index is 246.